The number of rotatable bonds is 2. The van der Waals surface area contributed by atoms with Crippen molar-refractivity contribution in [3.63, 3.8) is 0 Å². The normalized spacial score (nSPS) is 10.4. The number of H-pyrrole nitrogens is 1. The van der Waals surface area contributed by atoms with Gasteiger partial charge in [0.2, 0.25) is 11.5 Å². The number of hydrogen-bond donors (Lipinski definition) is 3. The summed E-state index contributed by atoms with van der Waals surface area (Å²) < 4.78 is 4.34. The number of nitrogens with two attached hydrogens (primary N) is 1. The van der Waals surface area contributed by atoms with Crippen LogP contribution >= 0.6 is 0 Å². The fourth-order valence-corrected chi connectivity index (χ4v) is 1.26. The Hall–Kier alpha value is -2.38. The van der Waals surface area contributed by atoms with Crippen molar-refractivity contribution in [3.8, 4) is 0 Å². The Bertz CT molecular complexity index is 509. The van der Waals surface area contributed by atoms with E-state index in [1.54, 1.807) is 13.8 Å². The molecule has 0 fully saturated rings. The predicted octanol–water partition coefficient (Wildman–Crippen LogP) is 0.244. The van der Waals surface area contributed by atoms with Crippen LogP contribution in [0.1, 0.15) is 21.9 Å². The van der Waals surface area contributed by atoms with Crippen LogP contribution in [-0.2, 0) is 0 Å². The lowest BCUT2D eigenvalue weighted by Gasteiger charge is -2.01. The van der Waals surface area contributed by atoms with Gasteiger partial charge in [-0.25, -0.2) is 4.63 Å². The molecule has 0 unspecified atom stereocenters. The highest BCUT2D eigenvalue weighted by molar-refractivity contribution is 6.06. The second-order valence-corrected chi connectivity index (χ2v) is 3.26. The van der Waals surface area contributed by atoms with E-state index in [-0.39, 0.29) is 11.5 Å². The summed E-state index contributed by atoms with van der Waals surface area (Å²) in [7, 11) is 0. The van der Waals surface area contributed by atoms with E-state index in [0.717, 1.165) is 5.69 Å². The van der Waals surface area contributed by atoms with Gasteiger partial charge in [0.15, 0.2) is 0 Å². The standard InChI is InChI=1S/C8H10N6O2/c1-3-5(4(2)12-11-3)10-8(15)6-7(9)14-16-13-6/h1-2H3,(H2,9,14)(H,10,15)(H,11,12). The number of carbonyl (C=O) groups is 1. The number of nitrogen functional groups attached to an aromatic ring is 1. The lowest BCUT2D eigenvalue weighted by atomic mass is 10.3. The highest BCUT2D eigenvalue weighted by Crippen LogP contribution is 2.17. The average Bonchev–Trinajstić information content (AvgIpc) is 2.79. The summed E-state index contributed by atoms with van der Waals surface area (Å²) in [6.45, 7) is 3.56. The van der Waals surface area contributed by atoms with Crippen molar-refractivity contribution in [2.45, 2.75) is 13.8 Å². The molecule has 2 rings (SSSR count). The number of amides is 1. The second-order valence-electron chi connectivity index (χ2n) is 3.26. The van der Waals surface area contributed by atoms with Crippen LogP contribution in [0.4, 0.5) is 11.5 Å². The summed E-state index contributed by atoms with van der Waals surface area (Å²) in [6, 6.07) is 0. The molecule has 0 saturated heterocycles. The smallest absolute Gasteiger partial charge is 0.281 e. The lowest BCUT2D eigenvalue weighted by Crippen LogP contribution is -2.15. The van der Waals surface area contributed by atoms with Gasteiger partial charge in [-0.3, -0.25) is 9.89 Å². The largest absolute Gasteiger partial charge is 0.379 e. The maximum absolute atomic E-state index is 11.7. The maximum Gasteiger partial charge on any atom is 0.281 e. The van der Waals surface area contributed by atoms with E-state index >= 15 is 0 Å². The number of carbonyl (C=O) groups excluding carboxylic acids is 1. The van der Waals surface area contributed by atoms with Crippen LogP contribution in [0.2, 0.25) is 0 Å². The molecule has 0 aromatic carbocycles. The van der Waals surface area contributed by atoms with Gasteiger partial charge in [-0.15, -0.1) is 0 Å². The van der Waals surface area contributed by atoms with E-state index in [1.807, 2.05) is 0 Å². The second kappa shape index (κ2) is 3.65. The summed E-state index contributed by atoms with van der Waals surface area (Å²) in [6.07, 6.45) is 0. The molecule has 2 heterocycles. The quantitative estimate of drug-likeness (QED) is 0.669. The van der Waals surface area contributed by atoms with Crippen molar-refractivity contribution in [2.24, 2.45) is 0 Å². The van der Waals surface area contributed by atoms with Crippen LogP contribution in [0.5, 0.6) is 0 Å². The van der Waals surface area contributed by atoms with Crippen molar-refractivity contribution in [2.75, 3.05) is 11.1 Å². The average molecular weight is 222 g/mol. The van der Waals surface area contributed by atoms with Gasteiger partial charge in [0.1, 0.15) is 0 Å². The number of nitrogens with one attached hydrogen (secondary N) is 2. The van der Waals surface area contributed by atoms with Crippen LogP contribution in [-0.4, -0.2) is 26.4 Å². The van der Waals surface area contributed by atoms with Gasteiger partial charge in [-0.1, -0.05) is 0 Å². The molecule has 0 atom stereocenters. The summed E-state index contributed by atoms with van der Waals surface area (Å²) in [5.41, 5.74) is 7.39. The van der Waals surface area contributed by atoms with Gasteiger partial charge < -0.3 is 11.1 Å². The molecular weight excluding hydrogens is 212 g/mol. The molecular formula is C8H10N6O2. The minimum atomic E-state index is -0.480. The zero-order valence-corrected chi connectivity index (χ0v) is 8.74. The molecule has 1 amide bonds. The highest BCUT2D eigenvalue weighted by Gasteiger charge is 2.18. The summed E-state index contributed by atoms with van der Waals surface area (Å²) >= 11 is 0. The van der Waals surface area contributed by atoms with Gasteiger partial charge in [0.25, 0.3) is 5.91 Å². The minimum absolute atomic E-state index is 0.0417. The van der Waals surface area contributed by atoms with Crippen molar-refractivity contribution >= 4 is 17.4 Å². The van der Waals surface area contributed by atoms with Gasteiger partial charge >= 0.3 is 0 Å². The third kappa shape index (κ3) is 1.60. The van der Waals surface area contributed by atoms with E-state index in [4.69, 9.17) is 5.73 Å². The molecule has 0 saturated carbocycles. The first-order valence-corrected chi connectivity index (χ1v) is 4.50. The first kappa shape index (κ1) is 10.1. The first-order valence-electron chi connectivity index (χ1n) is 4.50. The minimum Gasteiger partial charge on any atom is -0.379 e. The van der Waals surface area contributed by atoms with Gasteiger partial charge in [-0.05, 0) is 24.2 Å². The van der Waals surface area contributed by atoms with Crippen molar-refractivity contribution in [1.82, 2.24) is 20.5 Å². The number of aromatic amines is 1. The summed E-state index contributed by atoms with van der Waals surface area (Å²) in [5, 5.41) is 16.0. The molecule has 8 heteroatoms. The molecule has 0 aliphatic rings. The van der Waals surface area contributed by atoms with Gasteiger partial charge in [0.05, 0.1) is 17.1 Å². The monoisotopic (exact) mass is 222 g/mol. The zero-order valence-electron chi connectivity index (χ0n) is 8.74. The number of aromatic nitrogens is 4. The van der Waals surface area contributed by atoms with E-state index in [1.165, 1.54) is 0 Å². The molecule has 0 aliphatic heterocycles. The molecule has 16 heavy (non-hydrogen) atoms. The molecule has 84 valence electrons. The van der Waals surface area contributed by atoms with Crippen molar-refractivity contribution in [3.05, 3.63) is 17.1 Å². The molecule has 2 aromatic heterocycles. The Morgan fingerprint density at radius 3 is 2.69 bits per heavy atom. The Morgan fingerprint density at radius 1 is 1.44 bits per heavy atom. The molecule has 0 spiro atoms. The Kier molecular flexibility index (Phi) is 2.31. The number of aryl methyl sites for hydroxylation is 2. The van der Waals surface area contributed by atoms with Crippen LogP contribution in [0.15, 0.2) is 4.63 Å². The molecule has 0 bridgehead atoms. The molecule has 4 N–H and O–H groups in total. The topological polar surface area (TPSA) is 123 Å². The fraction of sp³-hybridized carbons (Fsp3) is 0.250. The predicted molar refractivity (Wildman–Crippen MR) is 54.7 cm³/mol. The third-order valence-corrected chi connectivity index (χ3v) is 2.10. The SMILES string of the molecule is Cc1n[nH]c(C)c1NC(=O)c1nonc1N. The molecule has 0 radical (unpaired) electrons. The van der Waals surface area contributed by atoms with Crippen LogP contribution < -0.4 is 11.1 Å². The van der Waals surface area contributed by atoms with E-state index in [0.29, 0.717) is 11.4 Å². The summed E-state index contributed by atoms with van der Waals surface area (Å²) in [4.78, 5) is 11.7. The fourth-order valence-electron chi connectivity index (χ4n) is 1.26. The number of hydrogen-bond acceptors (Lipinski definition) is 6. The van der Waals surface area contributed by atoms with Crippen LogP contribution in [0.3, 0.4) is 0 Å². The molecule has 8 nitrogen and oxygen atoms in total. The van der Waals surface area contributed by atoms with E-state index in [2.05, 4.69) is 30.5 Å². The Balaban J connectivity index is 2.24. The van der Waals surface area contributed by atoms with Crippen molar-refractivity contribution < 1.29 is 9.42 Å². The lowest BCUT2D eigenvalue weighted by molar-refractivity contribution is 0.101. The van der Waals surface area contributed by atoms with Crippen molar-refractivity contribution in [1.29, 1.82) is 0 Å². The molecule has 2 aromatic rings. The van der Waals surface area contributed by atoms with Gasteiger partial charge in [-0.2, -0.15) is 5.10 Å². The zero-order chi connectivity index (χ0) is 11.7. The summed E-state index contributed by atoms with van der Waals surface area (Å²) in [5.74, 6) is -0.525. The van der Waals surface area contributed by atoms with E-state index < -0.39 is 5.91 Å². The Morgan fingerprint density at radius 2 is 2.19 bits per heavy atom. The first-order chi connectivity index (χ1) is 7.59. The number of nitrogens with zero attached hydrogens (tertiary/aromatic N) is 3. The maximum atomic E-state index is 11.7. The Labute approximate surface area is 90.2 Å². The highest BCUT2D eigenvalue weighted by atomic mass is 16.6. The van der Waals surface area contributed by atoms with E-state index in [9.17, 15) is 4.79 Å². The van der Waals surface area contributed by atoms with Crippen LogP contribution in [0, 0.1) is 13.8 Å². The van der Waals surface area contributed by atoms with Crippen LogP contribution in [0.25, 0.3) is 0 Å². The third-order valence-electron chi connectivity index (χ3n) is 2.10. The van der Waals surface area contributed by atoms with Gasteiger partial charge in [0, 0.05) is 0 Å². The molecule has 0 aliphatic carbocycles. The number of anilines is 2.